The summed E-state index contributed by atoms with van der Waals surface area (Å²) in [6.07, 6.45) is 1.21. The summed E-state index contributed by atoms with van der Waals surface area (Å²) < 4.78 is 0. The summed E-state index contributed by atoms with van der Waals surface area (Å²) in [5, 5.41) is 5.50. The molecular weight excluding hydrogens is 230 g/mol. The number of carbonyl (C=O) groups excluding carboxylic acids is 2. The van der Waals surface area contributed by atoms with Crippen molar-refractivity contribution in [3.05, 3.63) is 29.3 Å². The summed E-state index contributed by atoms with van der Waals surface area (Å²) in [6.45, 7) is 2.43. The summed E-state index contributed by atoms with van der Waals surface area (Å²) in [4.78, 5) is 23.1. The summed E-state index contributed by atoms with van der Waals surface area (Å²) in [5.74, 6) is -0.196. The Kier molecular flexibility index (Phi) is 3.62. The maximum atomic E-state index is 11.9. The normalized spacial score (nSPS) is 14.9. The second kappa shape index (κ2) is 5.18. The van der Waals surface area contributed by atoms with Crippen molar-refractivity contribution < 1.29 is 9.59 Å². The lowest BCUT2D eigenvalue weighted by Crippen LogP contribution is -2.36. The fraction of sp³-hybridized carbons (Fsp3) is 0.385. The Balaban J connectivity index is 2.04. The zero-order valence-electron chi connectivity index (χ0n) is 10.3. The molecule has 0 radical (unpaired) electrons. The van der Waals surface area contributed by atoms with Crippen LogP contribution in [-0.2, 0) is 11.2 Å². The van der Waals surface area contributed by atoms with Crippen molar-refractivity contribution in [3.8, 4) is 0 Å². The van der Waals surface area contributed by atoms with Crippen LogP contribution >= 0.6 is 0 Å². The molecule has 0 fully saturated rings. The molecule has 0 bridgehead atoms. The van der Waals surface area contributed by atoms with Crippen molar-refractivity contribution in [2.45, 2.75) is 25.8 Å². The van der Waals surface area contributed by atoms with Gasteiger partial charge in [-0.15, -0.1) is 0 Å². The third-order valence-corrected chi connectivity index (χ3v) is 3.05. The van der Waals surface area contributed by atoms with Crippen LogP contribution in [0, 0.1) is 0 Å². The van der Waals surface area contributed by atoms with Crippen LogP contribution in [-0.4, -0.2) is 24.4 Å². The molecule has 5 heteroatoms. The second-order valence-corrected chi connectivity index (χ2v) is 4.48. The van der Waals surface area contributed by atoms with Crippen LogP contribution in [0.1, 0.15) is 29.3 Å². The molecule has 0 saturated heterocycles. The molecule has 0 saturated carbocycles. The minimum atomic E-state index is -0.164. The van der Waals surface area contributed by atoms with Gasteiger partial charge in [0.15, 0.2) is 0 Å². The average Bonchev–Trinajstić information content (AvgIpc) is 2.74. The van der Waals surface area contributed by atoms with E-state index >= 15 is 0 Å². The molecule has 5 nitrogen and oxygen atoms in total. The van der Waals surface area contributed by atoms with E-state index in [0.717, 1.165) is 17.7 Å². The number of nitrogens with one attached hydrogen (secondary N) is 2. The molecule has 0 aromatic heterocycles. The van der Waals surface area contributed by atoms with Gasteiger partial charge in [-0.05, 0) is 24.1 Å². The first kappa shape index (κ1) is 12.6. The molecular formula is C13H17N3O2. The highest BCUT2D eigenvalue weighted by atomic mass is 16.2. The minimum absolute atomic E-state index is 0.0249. The largest absolute Gasteiger partial charge is 0.350 e. The molecule has 4 N–H and O–H groups in total. The maximum Gasteiger partial charge on any atom is 0.251 e. The highest BCUT2D eigenvalue weighted by molar-refractivity contribution is 6.02. The van der Waals surface area contributed by atoms with Crippen molar-refractivity contribution in [2.75, 3.05) is 11.9 Å². The Hall–Kier alpha value is -1.88. The van der Waals surface area contributed by atoms with Crippen molar-refractivity contribution in [1.82, 2.24) is 5.32 Å². The van der Waals surface area contributed by atoms with Gasteiger partial charge < -0.3 is 16.4 Å². The number of hydrogen-bond donors (Lipinski definition) is 3. The first-order chi connectivity index (χ1) is 8.60. The number of carbonyl (C=O) groups is 2. The van der Waals surface area contributed by atoms with E-state index in [1.54, 1.807) is 12.1 Å². The van der Waals surface area contributed by atoms with Gasteiger partial charge in [-0.3, -0.25) is 9.59 Å². The summed E-state index contributed by atoms with van der Waals surface area (Å²) >= 11 is 0. The fourth-order valence-electron chi connectivity index (χ4n) is 1.83. The molecule has 0 aliphatic carbocycles. The number of amides is 2. The van der Waals surface area contributed by atoms with E-state index in [0.29, 0.717) is 18.5 Å². The van der Waals surface area contributed by atoms with Gasteiger partial charge in [-0.25, -0.2) is 0 Å². The molecule has 1 unspecified atom stereocenters. The topological polar surface area (TPSA) is 84.2 Å². The Morgan fingerprint density at radius 2 is 2.33 bits per heavy atom. The fourth-order valence-corrected chi connectivity index (χ4v) is 1.83. The predicted octanol–water partition coefficient (Wildman–Crippen LogP) is 0.648. The summed E-state index contributed by atoms with van der Waals surface area (Å²) in [7, 11) is 0. The van der Waals surface area contributed by atoms with E-state index < -0.39 is 0 Å². The average molecular weight is 247 g/mol. The summed E-state index contributed by atoms with van der Waals surface area (Å²) in [5.41, 5.74) is 7.94. The SMILES string of the molecule is CCC(N)CNC(=O)c1ccc2c(c1)NC(=O)C2. The number of anilines is 1. The van der Waals surface area contributed by atoms with Gasteiger partial charge in [0, 0.05) is 23.8 Å². The zero-order chi connectivity index (χ0) is 13.1. The maximum absolute atomic E-state index is 11.9. The molecule has 96 valence electrons. The second-order valence-electron chi connectivity index (χ2n) is 4.48. The molecule has 0 spiro atoms. The molecule has 1 aliphatic heterocycles. The Labute approximate surface area is 106 Å². The van der Waals surface area contributed by atoms with Gasteiger partial charge in [0.05, 0.1) is 6.42 Å². The number of fused-ring (bicyclic) bond motifs is 1. The van der Waals surface area contributed by atoms with Gasteiger partial charge in [0.2, 0.25) is 5.91 Å². The number of benzene rings is 1. The van der Waals surface area contributed by atoms with E-state index in [1.165, 1.54) is 0 Å². The molecule has 1 atom stereocenters. The third kappa shape index (κ3) is 2.68. The molecule has 2 rings (SSSR count). The van der Waals surface area contributed by atoms with Crippen molar-refractivity contribution in [2.24, 2.45) is 5.73 Å². The van der Waals surface area contributed by atoms with Crippen LogP contribution < -0.4 is 16.4 Å². The lowest BCUT2D eigenvalue weighted by Gasteiger charge is -2.10. The number of rotatable bonds is 4. The molecule has 1 heterocycles. The van der Waals surface area contributed by atoms with Gasteiger partial charge in [-0.1, -0.05) is 13.0 Å². The molecule has 2 amide bonds. The predicted molar refractivity (Wildman–Crippen MR) is 69.4 cm³/mol. The quantitative estimate of drug-likeness (QED) is 0.730. The third-order valence-electron chi connectivity index (χ3n) is 3.05. The van der Waals surface area contributed by atoms with Crippen LogP contribution in [0.5, 0.6) is 0 Å². The molecule has 18 heavy (non-hydrogen) atoms. The van der Waals surface area contributed by atoms with Gasteiger partial charge in [-0.2, -0.15) is 0 Å². The standard InChI is InChI=1S/C13H17N3O2/c1-2-10(14)7-15-13(18)9-4-3-8-6-12(17)16-11(8)5-9/h3-5,10H,2,6-7,14H2,1H3,(H,15,18)(H,16,17). The lowest BCUT2D eigenvalue weighted by molar-refractivity contribution is -0.115. The zero-order valence-corrected chi connectivity index (χ0v) is 10.3. The van der Waals surface area contributed by atoms with Gasteiger partial charge >= 0.3 is 0 Å². The first-order valence-electron chi connectivity index (χ1n) is 6.06. The van der Waals surface area contributed by atoms with E-state index in [4.69, 9.17) is 5.73 Å². The van der Waals surface area contributed by atoms with Crippen molar-refractivity contribution in [3.63, 3.8) is 0 Å². The smallest absolute Gasteiger partial charge is 0.251 e. The van der Waals surface area contributed by atoms with E-state index in [2.05, 4.69) is 10.6 Å². The van der Waals surface area contributed by atoms with Crippen LogP contribution in [0.15, 0.2) is 18.2 Å². The van der Waals surface area contributed by atoms with E-state index in [1.807, 2.05) is 13.0 Å². The Morgan fingerprint density at radius 1 is 1.56 bits per heavy atom. The van der Waals surface area contributed by atoms with Gasteiger partial charge in [0.25, 0.3) is 5.91 Å². The highest BCUT2D eigenvalue weighted by Crippen LogP contribution is 2.23. The summed E-state index contributed by atoms with van der Waals surface area (Å²) in [6, 6.07) is 5.21. The van der Waals surface area contributed by atoms with Gasteiger partial charge in [0.1, 0.15) is 0 Å². The Morgan fingerprint density at radius 3 is 3.06 bits per heavy atom. The number of hydrogen-bond acceptors (Lipinski definition) is 3. The van der Waals surface area contributed by atoms with Crippen molar-refractivity contribution in [1.29, 1.82) is 0 Å². The van der Waals surface area contributed by atoms with E-state index in [-0.39, 0.29) is 17.9 Å². The first-order valence-corrected chi connectivity index (χ1v) is 6.06. The Bertz CT molecular complexity index is 485. The molecule has 1 aromatic rings. The van der Waals surface area contributed by atoms with Crippen LogP contribution in [0.3, 0.4) is 0 Å². The van der Waals surface area contributed by atoms with Crippen molar-refractivity contribution >= 4 is 17.5 Å². The molecule has 1 aromatic carbocycles. The monoisotopic (exact) mass is 247 g/mol. The number of nitrogens with two attached hydrogens (primary N) is 1. The lowest BCUT2D eigenvalue weighted by atomic mass is 10.1. The van der Waals surface area contributed by atoms with Crippen LogP contribution in [0.25, 0.3) is 0 Å². The molecule has 1 aliphatic rings. The highest BCUT2D eigenvalue weighted by Gasteiger charge is 2.19. The van der Waals surface area contributed by atoms with E-state index in [9.17, 15) is 9.59 Å². The van der Waals surface area contributed by atoms with Crippen LogP contribution in [0.4, 0.5) is 5.69 Å². The minimum Gasteiger partial charge on any atom is -0.350 e. The van der Waals surface area contributed by atoms with Crippen LogP contribution in [0.2, 0.25) is 0 Å².